The summed E-state index contributed by atoms with van der Waals surface area (Å²) in [5, 5.41) is 15.8. The number of hydrogen-bond donors (Lipinski definition) is 3. The molecule has 41 heavy (non-hydrogen) atoms. The van der Waals surface area contributed by atoms with E-state index in [9.17, 15) is 22.8 Å². The molecule has 0 fully saturated rings. The standard InChI is InChI=1S/C29H21F3N6O3/c1-17-7-9-19(15-23(17)35-28(40)20-5-2-4-18(14-20)8-12-26(39)37-41)24-16-38-25(34-24)11-10-22(36-38)21-6-3-13-33-27(21)29(30,31)32/h2-16,41H,1H3,(H,35,40)(H,37,39). The maximum atomic E-state index is 13.5. The number of nitrogens with zero attached hydrogens (tertiary/aromatic N) is 4. The van der Waals surface area contributed by atoms with Crippen LogP contribution in [0.1, 0.15) is 27.2 Å². The molecule has 0 saturated carbocycles. The summed E-state index contributed by atoms with van der Waals surface area (Å²) in [7, 11) is 0. The SMILES string of the molecule is Cc1ccc(-c2cn3nc(-c4cccnc4C(F)(F)F)ccc3n2)cc1NC(=O)c1cccc(C=CC(=O)NO)c1. The lowest BCUT2D eigenvalue weighted by atomic mass is 10.1. The molecule has 0 atom stereocenters. The van der Waals surface area contributed by atoms with Crippen molar-refractivity contribution in [3.05, 3.63) is 108 Å². The van der Waals surface area contributed by atoms with Gasteiger partial charge in [0.25, 0.3) is 11.8 Å². The van der Waals surface area contributed by atoms with E-state index in [0.717, 1.165) is 17.8 Å². The number of halogens is 3. The Morgan fingerprint density at radius 1 is 1.00 bits per heavy atom. The highest BCUT2D eigenvalue weighted by molar-refractivity contribution is 6.05. The average Bonchev–Trinajstić information content (AvgIpc) is 3.40. The van der Waals surface area contributed by atoms with E-state index in [1.807, 2.05) is 19.1 Å². The molecular weight excluding hydrogens is 537 g/mol. The number of pyridine rings is 1. The van der Waals surface area contributed by atoms with Gasteiger partial charge in [-0.05, 0) is 66.6 Å². The van der Waals surface area contributed by atoms with Crippen LogP contribution in [-0.4, -0.2) is 36.6 Å². The number of rotatable bonds is 6. The van der Waals surface area contributed by atoms with E-state index in [0.29, 0.717) is 33.7 Å². The molecule has 0 unspecified atom stereocenters. The number of benzene rings is 2. The number of hydroxylamine groups is 1. The van der Waals surface area contributed by atoms with Gasteiger partial charge in [-0.1, -0.05) is 24.3 Å². The first-order valence-electron chi connectivity index (χ1n) is 12.2. The third-order valence-electron chi connectivity index (χ3n) is 6.14. The van der Waals surface area contributed by atoms with Crippen molar-refractivity contribution in [3.8, 4) is 22.5 Å². The van der Waals surface area contributed by atoms with Crippen molar-refractivity contribution < 1.29 is 28.0 Å². The summed E-state index contributed by atoms with van der Waals surface area (Å²) < 4.78 is 41.8. The minimum absolute atomic E-state index is 0.0906. The quantitative estimate of drug-likeness (QED) is 0.143. The number of carbonyl (C=O) groups excluding carboxylic acids is 2. The summed E-state index contributed by atoms with van der Waals surface area (Å²) in [6.45, 7) is 1.83. The molecule has 0 aliphatic carbocycles. The summed E-state index contributed by atoms with van der Waals surface area (Å²) >= 11 is 0. The highest BCUT2D eigenvalue weighted by Gasteiger charge is 2.35. The Kier molecular flexibility index (Phi) is 7.32. The fraction of sp³-hybridized carbons (Fsp3) is 0.0690. The minimum atomic E-state index is -4.63. The Labute approximate surface area is 231 Å². The first-order chi connectivity index (χ1) is 19.6. The van der Waals surface area contributed by atoms with Crippen LogP contribution in [0.5, 0.6) is 0 Å². The maximum absolute atomic E-state index is 13.5. The molecule has 0 bridgehead atoms. The van der Waals surface area contributed by atoms with Crippen molar-refractivity contribution in [2.75, 3.05) is 5.32 Å². The predicted molar refractivity (Wildman–Crippen MR) is 145 cm³/mol. The van der Waals surface area contributed by atoms with Crippen LogP contribution in [0, 0.1) is 6.92 Å². The zero-order valence-electron chi connectivity index (χ0n) is 21.3. The normalized spacial score (nSPS) is 11.6. The van der Waals surface area contributed by atoms with E-state index >= 15 is 0 Å². The second-order valence-corrected chi connectivity index (χ2v) is 8.96. The smallest absolute Gasteiger partial charge is 0.322 e. The molecule has 3 N–H and O–H groups in total. The van der Waals surface area contributed by atoms with Gasteiger partial charge in [-0.15, -0.1) is 0 Å². The van der Waals surface area contributed by atoms with Crippen molar-refractivity contribution in [3.63, 3.8) is 0 Å². The zero-order chi connectivity index (χ0) is 29.1. The van der Waals surface area contributed by atoms with Crippen LogP contribution >= 0.6 is 0 Å². The first-order valence-corrected chi connectivity index (χ1v) is 12.2. The third kappa shape index (κ3) is 5.97. The average molecular weight is 559 g/mol. The molecule has 9 nitrogen and oxygen atoms in total. The minimum Gasteiger partial charge on any atom is -0.322 e. The van der Waals surface area contributed by atoms with Crippen molar-refractivity contribution in [1.29, 1.82) is 0 Å². The number of alkyl halides is 3. The Morgan fingerprint density at radius 2 is 1.83 bits per heavy atom. The van der Waals surface area contributed by atoms with E-state index in [-0.39, 0.29) is 17.2 Å². The van der Waals surface area contributed by atoms with Crippen LogP contribution in [0.4, 0.5) is 18.9 Å². The van der Waals surface area contributed by atoms with Crippen LogP contribution in [0.3, 0.4) is 0 Å². The molecule has 206 valence electrons. The molecule has 0 aliphatic rings. The van der Waals surface area contributed by atoms with Crippen molar-refractivity contribution in [1.82, 2.24) is 25.1 Å². The fourth-order valence-electron chi connectivity index (χ4n) is 4.11. The van der Waals surface area contributed by atoms with Crippen LogP contribution in [0.25, 0.3) is 34.2 Å². The number of nitrogens with one attached hydrogen (secondary N) is 2. The highest BCUT2D eigenvalue weighted by atomic mass is 19.4. The second kappa shape index (κ2) is 11.0. The number of fused-ring (bicyclic) bond motifs is 1. The van der Waals surface area contributed by atoms with Gasteiger partial charge >= 0.3 is 6.18 Å². The first kappa shape index (κ1) is 27.2. The van der Waals surface area contributed by atoms with Gasteiger partial charge in [-0.3, -0.25) is 19.8 Å². The zero-order valence-corrected chi connectivity index (χ0v) is 21.3. The van der Waals surface area contributed by atoms with Gasteiger partial charge in [-0.2, -0.15) is 18.3 Å². The number of anilines is 1. The lowest BCUT2D eigenvalue weighted by Gasteiger charge is -2.10. The predicted octanol–water partition coefficient (Wildman–Crippen LogP) is 5.56. The lowest BCUT2D eigenvalue weighted by molar-refractivity contribution is -0.140. The third-order valence-corrected chi connectivity index (χ3v) is 6.14. The topological polar surface area (TPSA) is 122 Å². The second-order valence-electron chi connectivity index (χ2n) is 8.96. The summed E-state index contributed by atoms with van der Waals surface area (Å²) in [5.74, 6) is -1.08. The van der Waals surface area contributed by atoms with Crippen LogP contribution in [0.2, 0.25) is 0 Å². The molecule has 12 heteroatoms. The van der Waals surface area contributed by atoms with Gasteiger partial charge < -0.3 is 5.32 Å². The van der Waals surface area contributed by atoms with E-state index in [4.69, 9.17) is 5.21 Å². The van der Waals surface area contributed by atoms with E-state index < -0.39 is 17.8 Å². The Hall–Kier alpha value is -5.36. The molecule has 2 aromatic carbocycles. The lowest BCUT2D eigenvalue weighted by Crippen LogP contribution is -2.15. The summed E-state index contributed by atoms with van der Waals surface area (Å²) in [4.78, 5) is 32.3. The van der Waals surface area contributed by atoms with Gasteiger partial charge in [0.2, 0.25) is 0 Å². The van der Waals surface area contributed by atoms with Gasteiger partial charge in [0.05, 0.1) is 17.6 Å². The molecule has 5 aromatic rings. The van der Waals surface area contributed by atoms with E-state index in [1.54, 1.807) is 42.6 Å². The Morgan fingerprint density at radius 3 is 2.61 bits per heavy atom. The molecule has 3 heterocycles. The summed E-state index contributed by atoms with van der Waals surface area (Å²) in [6.07, 6.45) is 0.626. The van der Waals surface area contributed by atoms with Gasteiger partial charge in [-0.25, -0.2) is 15.0 Å². The van der Waals surface area contributed by atoms with Gasteiger partial charge in [0.15, 0.2) is 11.3 Å². The largest absolute Gasteiger partial charge is 0.434 e. The summed E-state index contributed by atoms with van der Waals surface area (Å²) in [6, 6.07) is 17.7. The number of aryl methyl sites for hydroxylation is 1. The number of imidazole rings is 1. The fourth-order valence-corrected chi connectivity index (χ4v) is 4.11. The molecule has 0 spiro atoms. The number of amides is 2. The summed E-state index contributed by atoms with van der Waals surface area (Å²) in [5.41, 5.74) is 4.25. The molecule has 3 aromatic heterocycles. The Bertz CT molecular complexity index is 1810. The molecule has 0 saturated heterocycles. The maximum Gasteiger partial charge on any atom is 0.434 e. The molecular formula is C29H21F3N6O3. The highest BCUT2D eigenvalue weighted by Crippen LogP contribution is 2.35. The number of aromatic nitrogens is 4. The number of hydrogen-bond acceptors (Lipinski definition) is 6. The molecule has 5 rings (SSSR count). The molecule has 0 radical (unpaired) electrons. The van der Waals surface area contributed by atoms with Crippen LogP contribution < -0.4 is 10.8 Å². The van der Waals surface area contributed by atoms with E-state index in [2.05, 4.69) is 20.4 Å². The molecule has 2 amide bonds. The Balaban J connectivity index is 1.42. The molecule has 0 aliphatic heterocycles. The van der Waals surface area contributed by atoms with Crippen molar-refractivity contribution >= 4 is 29.2 Å². The monoisotopic (exact) mass is 558 g/mol. The van der Waals surface area contributed by atoms with Gasteiger partial charge in [0, 0.05) is 34.7 Å². The van der Waals surface area contributed by atoms with E-state index in [1.165, 1.54) is 34.3 Å². The van der Waals surface area contributed by atoms with Crippen molar-refractivity contribution in [2.24, 2.45) is 0 Å². The van der Waals surface area contributed by atoms with Gasteiger partial charge in [0.1, 0.15) is 0 Å². The number of carbonyl (C=O) groups is 2. The van der Waals surface area contributed by atoms with Crippen LogP contribution in [-0.2, 0) is 11.0 Å². The van der Waals surface area contributed by atoms with Crippen LogP contribution in [0.15, 0.2) is 85.2 Å². The van der Waals surface area contributed by atoms with Crippen molar-refractivity contribution in [2.45, 2.75) is 13.1 Å².